The normalized spacial score (nSPS) is 16.7. The van der Waals surface area contributed by atoms with Crippen LogP contribution < -0.4 is 5.32 Å². The van der Waals surface area contributed by atoms with Gasteiger partial charge in [0.15, 0.2) is 0 Å². The van der Waals surface area contributed by atoms with Gasteiger partial charge >= 0.3 is 0 Å². The Kier molecular flexibility index (Phi) is 9.68. The highest BCUT2D eigenvalue weighted by atomic mass is 79.9. The first-order valence-corrected chi connectivity index (χ1v) is 7.16. The van der Waals surface area contributed by atoms with E-state index in [0.717, 1.165) is 37.2 Å². The number of aromatic nitrogens is 1. The van der Waals surface area contributed by atoms with Crippen molar-refractivity contribution in [3.63, 3.8) is 0 Å². The minimum atomic E-state index is 0. The van der Waals surface area contributed by atoms with Crippen LogP contribution in [0.4, 0.5) is 0 Å². The molecule has 114 valence electrons. The first kappa shape index (κ1) is 19.9. The minimum Gasteiger partial charge on any atom is -0.314 e. The van der Waals surface area contributed by atoms with E-state index >= 15 is 0 Å². The molecule has 0 amide bonds. The summed E-state index contributed by atoms with van der Waals surface area (Å²) >= 11 is 3.39. The van der Waals surface area contributed by atoms with Gasteiger partial charge in [-0.25, -0.2) is 4.98 Å². The van der Waals surface area contributed by atoms with E-state index in [0.29, 0.717) is 6.04 Å². The molecule has 0 bridgehead atoms. The van der Waals surface area contributed by atoms with Crippen LogP contribution in [0.3, 0.4) is 0 Å². The summed E-state index contributed by atoms with van der Waals surface area (Å²) in [4.78, 5) is 6.87. The van der Waals surface area contributed by atoms with Crippen LogP contribution in [0, 0.1) is 0 Å². The lowest BCUT2D eigenvalue weighted by molar-refractivity contribution is 0.172. The fourth-order valence-corrected chi connectivity index (χ4v) is 2.60. The van der Waals surface area contributed by atoms with Gasteiger partial charge in [0, 0.05) is 38.4 Å². The number of rotatable bonds is 4. The van der Waals surface area contributed by atoms with Crippen molar-refractivity contribution in [3.05, 3.63) is 40.6 Å². The summed E-state index contributed by atoms with van der Waals surface area (Å²) in [6.45, 7) is 10.5. The van der Waals surface area contributed by atoms with Crippen LogP contribution in [0.2, 0.25) is 0 Å². The Bertz CT molecular complexity index is 405. The Morgan fingerprint density at radius 3 is 2.55 bits per heavy atom. The molecule has 1 aliphatic heterocycles. The van der Waals surface area contributed by atoms with Crippen molar-refractivity contribution in [2.24, 2.45) is 0 Å². The topological polar surface area (TPSA) is 28.2 Å². The van der Waals surface area contributed by atoms with Crippen LogP contribution in [0.15, 0.2) is 35.1 Å². The molecule has 0 aromatic carbocycles. The zero-order valence-corrected chi connectivity index (χ0v) is 14.9. The predicted octanol–water partition coefficient (Wildman–Crippen LogP) is 3.60. The van der Waals surface area contributed by atoms with E-state index in [1.54, 1.807) is 0 Å². The van der Waals surface area contributed by atoms with Crippen LogP contribution in [-0.2, 0) is 0 Å². The lowest BCUT2D eigenvalue weighted by atomic mass is 9.99. The van der Waals surface area contributed by atoms with Crippen molar-refractivity contribution in [2.45, 2.75) is 19.4 Å². The molecule has 0 radical (unpaired) electrons. The molecular weight excluding hydrogens is 361 g/mol. The summed E-state index contributed by atoms with van der Waals surface area (Å²) in [7, 11) is 0. The number of hydrogen-bond donors (Lipinski definition) is 1. The Hall–Kier alpha value is -0.130. The van der Waals surface area contributed by atoms with Gasteiger partial charge < -0.3 is 5.32 Å². The van der Waals surface area contributed by atoms with Crippen LogP contribution in [0.1, 0.15) is 24.9 Å². The maximum absolute atomic E-state index is 4.35. The minimum absolute atomic E-state index is 0. The van der Waals surface area contributed by atoms with Gasteiger partial charge in [0.1, 0.15) is 4.60 Å². The maximum Gasteiger partial charge on any atom is 0.106 e. The highest BCUT2D eigenvalue weighted by Crippen LogP contribution is 2.27. The lowest BCUT2D eigenvalue weighted by Crippen LogP contribution is -2.45. The smallest absolute Gasteiger partial charge is 0.106 e. The molecule has 1 aromatic rings. The zero-order chi connectivity index (χ0) is 13.0. The third kappa shape index (κ3) is 5.70. The van der Waals surface area contributed by atoms with Gasteiger partial charge in [-0.1, -0.05) is 11.6 Å². The second kappa shape index (κ2) is 9.74. The summed E-state index contributed by atoms with van der Waals surface area (Å²) in [5, 5.41) is 3.40. The molecule has 2 heterocycles. The molecule has 3 nitrogen and oxygen atoms in total. The number of piperazine rings is 1. The number of hydrogen-bond acceptors (Lipinski definition) is 3. The zero-order valence-electron chi connectivity index (χ0n) is 11.6. The van der Waals surface area contributed by atoms with Crippen molar-refractivity contribution in [1.82, 2.24) is 15.2 Å². The van der Waals surface area contributed by atoms with Gasteiger partial charge in [0.05, 0.1) is 0 Å². The quantitative estimate of drug-likeness (QED) is 0.636. The third-order valence-corrected chi connectivity index (χ3v) is 3.74. The van der Waals surface area contributed by atoms with Gasteiger partial charge in [-0.3, -0.25) is 4.90 Å². The van der Waals surface area contributed by atoms with E-state index in [1.807, 2.05) is 12.3 Å². The van der Waals surface area contributed by atoms with Crippen molar-refractivity contribution in [2.75, 3.05) is 26.2 Å². The number of halogens is 3. The first-order valence-electron chi connectivity index (χ1n) is 6.37. The van der Waals surface area contributed by atoms with E-state index in [4.69, 9.17) is 0 Å². The van der Waals surface area contributed by atoms with Crippen LogP contribution >= 0.6 is 40.7 Å². The first-order chi connectivity index (χ1) is 8.66. The molecule has 0 saturated carbocycles. The average molecular weight is 383 g/mol. The lowest BCUT2D eigenvalue weighted by Gasteiger charge is -2.35. The highest BCUT2D eigenvalue weighted by molar-refractivity contribution is 9.10. The fraction of sp³-hybridized carbons (Fsp3) is 0.500. The van der Waals surface area contributed by atoms with Gasteiger partial charge in [-0.15, -0.1) is 31.4 Å². The Balaban J connectivity index is 0.00000180. The number of pyridine rings is 1. The van der Waals surface area contributed by atoms with E-state index < -0.39 is 0 Å². The maximum atomic E-state index is 4.35. The summed E-state index contributed by atoms with van der Waals surface area (Å²) in [5.74, 6) is 0. The number of nitrogens with one attached hydrogen (secondary N) is 1. The molecule has 0 aliphatic carbocycles. The molecule has 2 rings (SSSR count). The van der Waals surface area contributed by atoms with E-state index in [9.17, 15) is 0 Å². The summed E-state index contributed by atoms with van der Waals surface area (Å²) in [6.07, 6.45) is 2.98. The molecule has 1 aliphatic rings. The van der Waals surface area contributed by atoms with Crippen LogP contribution in [-0.4, -0.2) is 36.1 Å². The van der Waals surface area contributed by atoms with Gasteiger partial charge in [0.25, 0.3) is 0 Å². The van der Waals surface area contributed by atoms with Crippen LogP contribution in [0.5, 0.6) is 0 Å². The Morgan fingerprint density at radius 2 is 2.05 bits per heavy atom. The molecule has 0 spiro atoms. The Labute approximate surface area is 142 Å². The predicted molar refractivity (Wildman–Crippen MR) is 93.0 cm³/mol. The average Bonchev–Trinajstić information content (AvgIpc) is 2.38. The standard InChI is InChI=1S/C14H20BrN3.2ClH/c1-11(2)9-13(18-7-5-16-6-8-18)12-3-4-14(15)17-10-12;;/h3-4,10,13,16H,1,5-9H2,2H3;2*1H/t13-;;/m1../s1. The molecule has 6 heteroatoms. The third-order valence-electron chi connectivity index (χ3n) is 3.27. The molecule has 1 N–H and O–H groups in total. The number of nitrogens with zero attached hydrogens (tertiary/aromatic N) is 2. The fourth-order valence-electron chi connectivity index (χ4n) is 2.37. The molecular formula is C14H22BrCl2N3. The van der Waals surface area contributed by atoms with E-state index in [1.165, 1.54) is 11.1 Å². The monoisotopic (exact) mass is 381 g/mol. The van der Waals surface area contributed by atoms with E-state index in [-0.39, 0.29) is 24.8 Å². The molecule has 1 atom stereocenters. The highest BCUT2D eigenvalue weighted by Gasteiger charge is 2.22. The molecule has 1 aromatic heterocycles. The Morgan fingerprint density at radius 1 is 1.40 bits per heavy atom. The molecule has 20 heavy (non-hydrogen) atoms. The second-order valence-corrected chi connectivity index (χ2v) is 5.69. The second-order valence-electron chi connectivity index (χ2n) is 4.88. The SMILES string of the molecule is C=C(C)C[C@H](c1ccc(Br)nc1)N1CCNCC1.Cl.Cl. The summed E-state index contributed by atoms with van der Waals surface area (Å²) in [6, 6.07) is 4.58. The van der Waals surface area contributed by atoms with Crippen molar-refractivity contribution >= 4 is 40.7 Å². The van der Waals surface area contributed by atoms with Gasteiger partial charge in [-0.2, -0.15) is 0 Å². The van der Waals surface area contributed by atoms with Gasteiger partial charge in [0.2, 0.25) is 0 Å². The summed E-state index contributed by atoms with van der Waals surface area (Å²) < 4.78 is 0.889. The largest absolute Gasteiger partial charge is 0.314 e. The van der Waals surface area contributed by atoms with E-state index in [2.05, 4.69) is 50.7 Å². The van der Waals surface area contributed by atoms with Crippen molar-refractivity contribution in [1.29, 1.82) is 0 Å². The molecule has 1 fully saturated rings. The van der Waals surface area contributed by atoms with Gasteiger partial charge in [-0.05, 0) is 40.9 Å². The van der Waals surface area contributed by atoms with Crippen LogP contribution in [0.25, 0.3) is 0 Å². The van der Waals surface area contributed by atoms with Crippen molar-refractivity contribution < 1.29 is 0 Å². The molecule has 1 saturated heterocycles. The summed E-state index contributed by atoms with van der Waals surface area (Å²) in [5.41, 5.74) is 2.50. The molecule has 0 unspecified atom stereocenters. The van der Waals surface area contributed by atoms with Crippen molar-refractivity contribution in [3.8, 4) is 0 Å².